The largest absolute Gasteiger partial charge is 0.493 e. The second-order valence-corrected chi connectivity index (χ2v) is 6.24. The molecule has 1 aromatic carbocycles. The van der Waals surface area contributed by atoms with Crippen LogP contribution in [0, 0.1) is 5.92 Å². The van der Waals surface area contributed by atoms with E-state index in [9.17, 15) is 0 Å². The highest BCUT2D eigenvalue weighted by Gasteiger charge is 2.22. The van der Waals surface area contributed by atoms with Crippen LogP contribution in [0.15, 0.2) is 16.6 Å². The lowest BCUT2D eigenvalue weighted by Crippen LogP contribution is -2.01. The van der Waals surface area contributed by atoms with E-state index in [0.29, 0.717) is 5.92 Å². The van der Waals surface area contributed by atoms with E-state index in [1.807, 2.05) is 0 Å². The zero-order valence-corrected chi connectivity index (χ0v) is 12.6. The van der Waals surface area contributed by atoms with Crippen LogP contribution in [0.5, 0.6) is 5.75 Å². The first-order valence-corrected chi connectivity index (χ1v) is 7.44. The number of benzene rings is 1. The highest BCUT2D eigenvalue weighted by atomic mass is 79.9. The number of hydrogen-bond acceptors (Lipinski definition) is 1. The fraction of sp³-hybridized carbons (Fsp3) is 0.571. The maximum absolute atomic E-state index is 6.53. The quantitative estimate of drug-likeness (QED) is 0.702. The summed E-state index contributed by atoms with van der Waals surface area (Å²) in [6.07, 6.45) is 3.17. The van der Waals surface area contributed by atoms with Gasteiger partial charge in [-0.3, -0.25) is 0 Å². The summed E-state index contributed by atoms with van der Waals surface area (Å²) in [5, 5.41) is 0.0503. The van der Waals surface area contributed by atoms with Crippen LogP contribution in [0.1, 0.15) is 43.2 Å². The molecule has 0 saturated carbocycles. The Bertz CT molecular complexity index is 405. The fourth-order valence-electron chi connectivity index (χ4n) is 2.18. The molecule has 0 N–H and O–H groups in total. The molecule has 0 radical (unpaired) electrons. The van der Waals surface area contributed by atoms with E-state index in [4.69, 9.17) is 16.3 Å². The van der Waals surface area contributed by atoms with Crippen molar-refractivity contribution in [3.63, 3.8) is 0 Å². The highest BCUT2D eigenvalue weighted by Crippen LogP contribution is 2.41. The number of ether oxygens (including phenoxy) is 1. The number of hydrogen-bond donors (Lipinski definition) is 0. The van der Waals surface area contributed by atoms with Gasteiger partial charge in [0.1, 0.15) is 5.75 Å². The van der Waals surface area contributed by atoms with Gasteiger partial charge in [0, 0.05) is 16.5 Å². The van der Waals surface area contributed by atoms with Gasteiger partial charge in [-0.1, -0.05) is 36.2 Å². The first-order valence-electron chi connectivity index (χ1n) is 6.21. The molecule has 0 aliphatic carbocycles. The number of alkyl halides is 1. The van der Waals surface area contributed by atoms with E-state index in [1.165, 1.54) is 12.0 Å². The standard InChI is InChI=1S/C14H18BrClO/c1-3-9(2)6-13(16)12-8-11(15)7-10-4-5-17-14(10)12/h7-9,13H,3-6H2,1-2H3. The molecule has 1 aliphatic rings. The van der Waals surface area contributed by atoms with E-state index < -0.39 is 0 Å². The molecular weight excluding hydrogens is 300 g/mol. The summed E-state index contributed by atoms with van der Waals surface area (Å²) in [6.45, 7) is 5.23. The minimum atomic E-state index is 0.0503. The highest BCUT2D eigenvalue weighted by molar-refractivity contribution is 9.10. The predicted octanol–water partition coefficient (Wildman–Crippen LogP) is 5.10. The summed E-state index contributed by atoms with van der Waals surface area (Å²) in [5.41, 5.74) is 2.43. The monoisotopic (exact) mass is 316 g/mol. The Hall–Kier alpha value is -0.210. The van der Waals surface area contributed by atoms with E-state index >= 15 is 0 Å². The first-order chi connectivity index (χ1) is 8.11. The van der Waals surface area contributed by atoms with Crippen LogP contribution in [0.25, 0.3) is 0 Å². The van der Waals surface area contributed by atoms with Crippen LogP contribution in [-0.4, -0.2) is 6.61 Å². The Morgan fingerprint density at radius 1 is 1.47 bits per heavy atom. The maximum Gasteiger partial charge on any atom is 0.127 e. The van der Waals surface area contributed by atoms with Gasteiger partial charge in [0.15, 0.2) is 0 Å². The van der Waals surface area contributed by atoms with Crippen LogP contribution in [0.4, 0.5) is 0 Å². The number of rotatable bonds is 4. The van der Waals surface area contributed by atoms with Crippen LogP contribution < -0.4 is 4.74 Å². The Morgan fingerprint density at radius 2 is 2.24 bits per heavy atom. The van der Waals surface area contributed by atoms with Gasteiger partial charge < -0.3 is 4.74 Å². The van der Waals surface area contributed by atoms with Crippen molar-refractivity contribution in [3.05, 3.63) is 27.7 Å². The van der Waals surface area contributed by atoms with Gasteiger partial charge in [0.2, 0.25) is 0 Å². The van der Waals surface area contributed by atoms with Crippen molar-refractivity contribution in [2.75, 3.05) is 6.61 Å². The van der Waals surface area contributed by atoms with Crippen molar-refractivity contribution in [1.29, 1.82) is 0 Å². The Labute approximate surface area is 117 Å². The van der Waals surface area contributed by atoms with Gasteiger partial charge in [-0.25, -0.2) is 0 Å². The summed E-state index contributed by atoms with van der Waals surface area (Å²) in [7, 11) is 0. The van der Waals surface area contributed by atoms with E-state index in [1.54, 1.807) is 0 Å². The molecule has 0 spiro atoms. The molecule has 2 atom stereocenters. The van der Waals surface area contributed by atoms with Crippen molar-refractivity contribution in [1.82, 2.24) is 0 Å². The van der Waals surface area contributed by atoms with E-state index in [0.717, 1.165) is 35.2 Å². The molecule has 0 saturated heterocycles. The zero-order chi connectivity index (χ0) is 12.4. The molecule has 2 unspecified atom stereocenters. The van der Waals surface area contributed by atoms with Gasteiger partial charge in [-0.05, 0) is 30.0 Å². The molecule has 1 aliphatic heterocycles. The van der Waals surface area contributed by atoms with Crippen LogP contribution in [-0.2, 0) is 6.42 Å². The molecule has 3 heteroatoms. The van der Waals surface area contributed by atoms with Gasteiger partial charge in [0.05, 0.1) is 12.0 Å². The fourth-order valence-corrected chi connectivity index (χ4v) is 3.17. The number of fused-ring (bicyclic) bond motifs is 1. The van der Waals surface area contributed by atoms with Crippen LogP contribution in [0.2, 0.25) is 0 Å². The van der Waals surface area contributed by atoms with Crippen molar-refractivity contribution >= 4 is 27.5 Å². The molecule has 94 valence electrons. The van der Waals surface area contributed by atoms with Gasteiger partial charge >= 0.3 is 0 Å². The predicted molar refractivity (Wildman–Crippen MR) is 76.0 cm³/mol. The average molecular weight is 318 g/mol. The Kier molecular flexibility index (Phi) is 4.37. The molecule has 1 aromatic rings. The molecule has 1 nitrogen and oxygen atoms in total. The molecule has 17 heavy (non-hydrogen) atoms. The molecule has 0 bridgehead atoms. The smallest absolute Gasteiger partial charge is 0.127 e. The van der Waals surface area contributed by atoms with E-state index in [2.05, 4.69) is 41.9 Å². The third-order valence-corrected chi connectivity index (χ3v) is 4.29. The lowest BCUT2D eigenvalue weighted by molar-refractivity contribution is 0.351. The molecule has 2 rings (SSSR count). The summed E-state index contributed by atoms with van der Waals surface area (Å²) >= 11 is 10.1. The second-order valence-electron chi connectivity index (χ2n) is 4.80. The molecule has 1 heterocycles. The molecule has 0 aromatic heterocycles. The minimum absolute atomic E-state index is 0.0503. The Morgan fingerprint density at radius 3 is 2.94 bits per heavy atom. The summed E-state index contributed by atoms with van der Waals surface area (Å²) in [5.74, 6) is 1.67. The van der Waals surface area contributed by atoms with E-state index in [-0.39, 0.29) is 5.38 Å². The lowest BCUT2D eigenvalue weighted by atomic mass is 9.97. The van der Waals surface area contributed by atoms with Crippen LogP contribution >= 0.6 is 27.5 Å². The third-order valence-electron chi connectivity index (χ3n) is 3.42. The van der Waals surface area contributed by atoms with Gasteiger partial charge in [-0.15, -0.1) is 11.6 Å². The summed E-state index contributed by atoms with van der Waals surface area (Å²) < 4.78 is 6.82. The first kappa shape index (κ1) is 13.2. The average Bonchev–Trinajstić information content (AvgIpc) is 2.75. The summed E-state index contributed by atoms with van der Waals surface area (Å²) in [6, 6.07) is 4.24. The summed E-state index contributed by atoms with van der Waals surface area (Å²) in [4.78, 5) is 0. The molecule has 0 amide bonds. The minimum Gasteiger partial charge on any atom is -0.493 e. The van der Waals surface area contributed by atoms with Gasteiger partial charge in [0.25, 0.3) is 0 Å². The Balaban J connectivity index is 2.25. The maximum atomic E-state index is 6.53. The normalized spacial score (nSPS) is 17.4. The zero-order valence-electron chi connectivity index (χ0n) is 10.3. The van der Waals surface area contributed by atoms with Crippen LogP contribution in [0.3, 0.4) is 0 Å². The van der Waals surface area contributed by atoms with Crippen molar-refractivity contribution in [3.8, 4) is 5.75 Å². The third kappa shape index (κ3) is 2.97. The SMILES string of the molecule is CCC(C)CC(Cl)c1cc(Br)cc2c1OCC2. The van der Waals surface area contributed by atoms with Crippen molar-refractivity contribution in [2.24, 2.45) is 5.92 Å². The molecule has 0 fully saturated rings. The molecular formula is C14H18BrClO. The van der Waals surface area contributed by atoms with Crippen molar-refractivity contribution < 1.29 is 4.74 Å². The lowest BCUT2D eigenvalue weighted by Gasteiger charge is -2.17. The number of halogens is 2. The second kappa shape index (κ2) is 5.62. The topological polar surface area (TPSA) is 9.23 Å². The van der Waals surface area contributed by atoms with Gasteiger partial charge in [-0.2, -0.15) is 0 Å². The van der Waals surface area contributed by atoms with Crippen molar-refractivity contribution in [2.45, 2.75) is 38.5 Å².